The second-order valence-electron chi connectivity index (χ2n) is 6.78. The van der Waals surface area contributed by atoms with Crippen LogP contribution in [-0.4, -0.2) is 50.7 Å². The smallest absolute Gasteiger partial charge is 0.251 e. The van der Waals surface area contributed by atoms with Gasteiger partial charge in [-0.1, -0.05) is 44.2 Å². The monoisotopic (exact) mass is 384 g/mol. The third kappa shape index (κ3) is 5.49. The molecule has 0 radical (unpaired) electrons. The largest absolute Gasteiger partial charge is 0.496 e. The van der Waals surface area contributed by atoms with Gasteiger partial charge < -0.3 is 14.8 Å². The molecule has 0 aliphatic carbocycles. The van der Waals surface area contributed by atoms with Crippen LogP contribution in [-0.2, 0) is 6.42 Å². The van der Waals surface area contributed by atoms with Crippen molar-refractivity contribution in [2.45, 2.75) is 33.2 Å². The molecule has 28 heavy (non-hydrogen) atoms. The number of hydrogen-bond donors (Lipinski definition) is 1. The van der Waals surface area contributed by atoms with Crippen LogP contribution in [0.3, 0.4) is 0 Å². The summed E-state index contributed by atoms with van der Waals surface area (Å²) >= 11 is 0. The van der Waals surface area contributed by atoms with Gasteiger partial charge >= 0.3 is 0 Å². The van der Waals surface area contributed by atoms with E-state index in [0.717, 1.165) is 25.1 Å². The van der Waals surface area contributed by atoms with E-state index in [1.165, 1.54) is 5.56 Å². The molecule has 0 aromatic heterocycles. The maximum absolute atomic E-state index is 12.8. The number of likely N-dealkylation sites (N-methyl/N-ethyl adjacent to an activating group) is 1. The van der Waals surface area contributed by atoms with E-state index in [-0.39, 0.29) is 11.9 Å². The number of carbonyl (C=O) groups is 1. The van der Waals surface area contributed by atoms with E-state index in [9.17, 15) is 4.79 Å². The lowest BCUT2D eigenvalue weighted by atomic mass is 10.0. The Labute approximate surface area is 168 Å². The summed E-state index contributed by atoms with van der Waals surface area (Å²) in [4.78, 5) is 15.2. The molecule has 1 amide bonds. The van der Waals surface area contributed by atoms with E-state index < -0.39 is 0 Å². The highest BCUT2D eigenvalue weighted by molar-refractivity contribution is 5.95. The summed E-state index contributed by atoms with van der Waals surface area (Å²) in [5.41, 5.74) is 2.69. The first kappa shape index (κ1) is 21.8. The minimum Gasteiger partial charge on any atom is -0.496 e. The Bertz CT molecular complexity index is 733. The molecular formula is C23H32N2O3. The second-order valence-corrected chi connectivity index (χ2v) is 6.78. The lowest BCUT2D eigenvalue weighted by Gasteiger charge is -2.30. The van der Waals surface area contributed by atoms with Gasteiger partial charge in [-0.15, -0.1) is 0 Å². The molecule has 0 fully saturated rings. The van der Waals surface area contributed by atoms with Crippen LogP contribution < -0.4 is 14.8 Å². The van der Waals surface area contributed by atoms with Gasteiger partial charge in [-0.05, 0) is 44.1 Å². The lowest BCUT2D eigenvalue weighted by molar-refractivity contribution is 0.0934. The summed E-state index contributed by atoms with van der Waals surface area (Å²) < 4.78 is 10.8. The maximum Gasteiger partial charge on any atom is 0.251 e. The van der Waals surface area contributed by atoms with Crippen LogP contribution in [0.15, 0.2) is 42.5 Å². The number of rotatable bonds is 10. The summed E-state index contributed by atoms with van der Waals surface area (Å²) in [6, 6.07) is 14.2. The second kappa shape index (κ2) is 10.7. The number of nitrogens with one attached hydrogen (secondary N) is 1. The van der Waals surface area contributed by atoms with Crippen molar-refractivity contribution >= 4 is 5.91 Å². The first-order valence-electron chi connectivity index (χ1n) is 9.82. The van der Waals surface area contributed by atoms with E-state index in [2.05, 4.69) is 48.3 Å². The van der Waals surface area contributed by atoms with Crippen LogP contribution in [0, 0.1) is 6.92 Å². The van der Waals surface area contributed by atoms with Gasteiger partial charge in [0.05, 0.1) is 14.2 Å². The van der Waals surface area contributed by atoms with Gasteiger partial charge in [0.25, 0.3) is 5.91 Å². The minimum absolute atomic E-state index is 0.123. The molecule has 5 nitrogen and oxygen atoms in total. The van der Waals surface area contributed by atoms with Crippen molar-refractivity contribution in [1.29, 1.82) is 0 Å². The van der Waals surface area contributed by atoms with Crippen molar-refractivity contribution < 1.29 is 14.3 Å². The quantitative estimate of drug-likeness (QED) is 0.679. The predicted octanol–water partition coefficient (Wildman–Crippen LogP) is 3.70. The van der Waals surface area contributed by atoms with E-state index in [1.54, 1.807) is 26.4 Å². The molecule has 0 heterocycles. The third-order valence-corrected chi connectivity index (χ3v) is 5.16. The molecule has 1 unspecified atom stereocenters. The molecule has 1 atom stereocenters. The summed E-state index contributed by atoms with van der Waals surface area (Å²) in [7, 11) is 3.19. The van der Waals surface area contributed by atoms with Crippen LogP contribution in [0.25, 0.3) is 0 Å². The van der Waals surface area contributed by atoms with Gasteiger partial charge in [0, 0.05) is 23.7 Å². The summed E-state index contributed by atoms with van der Waals surface area (Å²) in [6.07, 6.45) is 0.892. The molecular weight excluding hydrogens is 352 g/mol. The number of benzene rings is 2. The number of methoxy groups -OCH3 is 2. The summed E-state index contributed by atoms with van der Waals surface area (Å²) in [5, 5.41) is 3.10. The average Bonchev–Trinajstić information content (AvgIpc) is 2.73. The van der Waals surface area contributed by atoms with E-state index in [0.29, 0.717) is 23.6 Å². The molecule has 0 spiro atoms. The van der Waals surface area contributed by atoms with Gasteiger partial charge in [-0.25, -0.2) is 0 Å². The molecule has 152 valence electrons. The highest BCUT2D eigenvalue weighted by Gasteiger charge is 2.19. The first-order chi connectivity index (χ1) is 13.5. The number of ether oxygens (including phenoxy) is 2. The zero-order valence-electron chi connectivity index (χ0n) is 17.6. The molecule has 2 aromatic rings. The highest BCUT2D eigenvalue weighted by atomic mass is 16.5. The molecule has 0 aliphatic rings. The average molecular weight is 385 g/mol. The van der Waals surface area contributed by atoms with Gasteiger partial charge in [-0.2, -0.15) is 0 Å². The zero-order valence-corrected chi connectivity index (χ0v) is 17.6. The van der Waals surface area contributed by atoms with Gasteiger partial charge in [0.15, 0.2) is 0 Å². The fourth-order valence-electron chi connectivity index (χ4n) is 3.49. The third-order valence-electron chi connectivity index (χ3n) is 5.16. The molecule has 2 rings (SSSR count). The zero-order chi connectivity index (χ0) is 20.5. The van der Waals surface area contributed by atoms with Gasteiger partial charge in [0.1, 0.15) is 11.5 Å². The number of hydrogen-bond acceptors (Lipinski definition) is 4. The molecule has 1 N–H and O–H groups in total. The van der Waals surface area contributed by atoms with E-state index in [4.69, 9.17) is 9.47 Å². The molecule has 0 aliphatic heterocycles. The normalized spacial score (nSPS) is 11.9. The van der Waals surface area contributed by atoms with Crippen LogP contribution in [0.1, 0.15) is 35.3 Å². The summed E-state index contributed by atoms with van der Waals surface area (Å²) in [6.45, 7) is 8.67. The van der Waals surface area contributed by atoms with E-state index in [1.807, 2.05) is 13.0 Å². The van der Waals surface area contributed by atoms with Crippen molar-refractivity contribution in [1.82, 2.24) is 10.2 Å². The van der Waals surface area contributed by atoms with Crippen molar-refractivity contribution in [3.05, 3.63) is 59.2 Å². The minimum atomic E-state index is -0.123. The highest BCUT2D eigenvalue weighted by Crippen LogP contribution is 2.29. The molecule has 5 heteroatoms. The predicted molar refractivity (Wildman–Crippen MR) is 113 cm³/mol. The topological polar surface area (TPSA) is 50.8 Å². The Morgan fingerprint density at radius 2 is 1.61 bits per heavy atom. The van der Waals surface area contributed by atoms with Crippen LogP contribution in [0.2, 0.25) is 0 Å². The standard InChI is InChI=1S/C23H32N2O3/c1-6-25(7-2)20(13-18-11-9-8-10-12-18)16-24-23(26)19-14-21(27-4)17(3)22(15-19)28-5/h8-12,14-15,20H,6-7,13,16H2,1-5H3,(H,24,26). The maximum atomic E-state index is 12.8. The van der Waals surface area contributed by atoms with Gasteiger partial charge in [-0.3, -0.25) is 9.69 Å². The van der Waals surface area contributed by atoms with Crippen molar-refractivity contribution in [2.75, 3.05) is 33.9 Å². The van der Waals surface area contributed by atoms with Crippen LogP contribution >= 0.6 is 0 Å². The fourth-order valence-corrected chi connectivity index (χ4v) is 3.49. The summed E-state index contributed by atoms with van der Waals surface area (Å²) in [5.74, 6) is 1.17. The van der Waals surface area contributed by atoms with Crippen molar-refractivity contribution in [3.8, 4) is 11.5 Å². The fraction of sp³-hybridized carbons (Fsp3) is 0.435. The van der Waals surface area contributed by atoms with E-state index >= 15 is 0 Å². The Morgan fingerprint density at radius 1 is 1.04 bits per heavy atom. The van der Waals surface area contributed by atoms with Crippen LogP contribution in [0.4, 0.5) is 0 Å². The van der Waals surface area contributed by atoms with Crippen molar-refractivity contribution in [2.24, 2.45) is 0 Å². The Balaban J connectivity index is 2.14. The van der Waals surface area contributed by atoms with Crippen LogP contribution in [0.5, 0.6) is 11.5 Å². The number of carbonyl (C=O) groups excluding carboxylic acids is 1. The Hall–Kier alpha value is -2.53. The van der Waals surface area contributed by atoms with Gasteiger partial charge in [0.2, 0.25) is 0 Å². The number of amides is 1. The number of nitrogens with zero attached hydrogens (tertiary/aromatic N) is 1. The molecule has 0 saturated heterocycles. The Kier molecular flexibility index (Phi) is 8.33. The molecule has 0 bridgehead atoms. The lowest BCUT2D eigenvalue weighted by Crippen LogP contribution is -2.45. The Morgan fingerprint density at radius 3 is 2.11 bits per heavy atom. The van der Waals surface area contributed by atoms with Crippen molar-refractivity contribution in [3.63, 3.8) is 0 Å². The molecule has 2 aromatic carbocycles. The SMILES string of the molecule is CCN(CC)C(CNC(=O)c1cc(OC)c(C)c(OC)c1)Cc1ccccc1. The first-order valence-corrected chi connectivity index (χ1v) is 9.82. The molecule has 0 saturated carbocycles.